The first-order valence-electron chi connectivity index (χ1n) is 13.5. The number of nitrogens with zero attached hydrogens (tertiary/aromatic N) is 2. The number of carbonyl (C=O) groups excluding carboxylic acids is 1. The Labute approximate surface area is 234 Å². The highest BCUT2D eigenvalue weighted by molar-refractivity contribution is 6.32. The van der Waals surface area contributed by atoms with Gasteiger partial charge in [-0.15, -0.1) is 5.73 Å². The van der Waals surface area contributed by atoms with Crippen molar-refractivity contribution < 1.29 is 4.79 Å². The number of hydrogen-bond acceptors (Lipinski definition) is 3. The molecule has 200 valence electrons. The number of carbonyl (C=O) groups is 1. The van der Waals surface area contributed by atoms with E-state index < -0.39 is 0 Å². The molecule has 0 aromatic heterocycles. The Kier molecular flexibility index (Phi) is 10.1. The van der Waals surface area contributed by atoms with Crippen LogP contribution in [-0.2, 0) is 4.79 Å². The van der Waals surface area contributed by atoms with E-state index in [4.69, 9.17) is 16.6 Å². The fourth-order valence-electron chi connectivity index (χ4n) is 5.02. The molecule has 0 saturated carbocycles. The van der Waals surface area contributed by atoms with Crippen molar-refractivity contribution in [3.8, 4) is 0 Å². The summed E-state index contributed by atoms with van der Waals surface area (Å²) in [4.78, 5) is 20.2. The van der Waals surface area contributed by atoms with Crippen molar-refractivity contribution in [2.45, 2.75) is 60.8 Å². The predicted octanol–water partition coefficient (Wildman–Crippen LogP) is 8.73. The van der Waals surface area contributed by atoms with Gasteiger partial charge in [-0.2, -0.15) is 0 Å². The maximum Gasteiger partial charge on any atom is 0.183 e. The van der Waals surface area contributed by atoms with E-state index in [0.29, 0.717) is 28.6 Å². The first-order chi connectivity index (χ1) is 18.0. The van der Waals surface area contributed by atoms with Crippen LogP contribution in [0.5, 0.6) is 0 Å². The van der Waals surface area contributed by atoms with Crippen molar-refractivity contribution in [1.82, 2.24) is 4.90 Å². The van der Waals surface area contributed by atoms with Gasteiger partial charge in [-0.05, 0) is 87.0 Å². The minimum atomic E-state index is -0.110. The van der Waals surface area contributed by atoms with Gasteiger partial charge in [0, 0.05) is 48.5 Å². The van der Waals surface area contributed by atoms with Crippen molar-refractivity contribution in [3.63, 3.8) is 0 Å². The molecule has 0 amide bonds. The third-order valence-electron chi connectivity index (χ3n) is 7.30. The summed E-state index contributed by atoms with van der Waals surface area (Å²) in [6.07, 6.45) is 16.3. The SMILES string of the molecule is C=C1CCN(C(/C=C\C2=NC(C(/C=C(/Cl)C3=C=C(C)C(C)=CC3C)=C/C)=CC(=O)C(=C)C2)=C/C)C[C@H](C)C1. The Morgan fingerprint density at radius 2 is 1.95 bits per heavy atom. The van der Waals surface area contributed by atoms with Crippen LogP contribution in [0, 0.1) is 11.8 Å². The zero-order chi connectivity index (χ0) is 28.0. The summed E-state index contributed by atoms with van der Waals surface area (Å²) in [5.41, 5.74) is 11.9. The zero-order valence-corrected chi connectivity index (χ0v) is 24.6. The van der Waals surface area contributed by atoms with E-state index in [0.717, 1.165) is 54.1 Å². The lowest BCUT2D eigenvalue weighted by Gasteiger charge is -2.25. The van der Waals surface area contributed by atoms with Crippen LogP contribution < -0.4 is 0 Å². The maximum absolute atomic E-state index is 12.8. The van der Waals surface area contributed by atoms with Crippen molar-refractivity contribution in [3.05, 3.63) is 111 Å². The van der Waals surface area contributed by atoms with Gasteiger partial charge >= 0.3 is 0 Å². The van der Waals surface area contributed by atoms with Crippen LogP contribution in [0.4, 0.5) is 0 Å². The summed E-state index contributed by atoms with van der Waals surface area (Å²) in [5, 5.41) is 0.602. The molecule has 2 atom stereocenters. The molecule has 1 fully saturated rings. The zero-order valence-electron chi connectivity index (χ0n) is 23.8. The van der Waals surface area contributed by atoms with Gasteiger partial charge in [0.05, 0.1) is 10.7 Å². The minimum Gasteiger partial charge on any atom is -0.371 e. The molecule has 0 aromatic carbocycles. The largest absolute Gasteiger partial charge is 0.371 e. The van der Waals surface area contributed by atoms with E-state index in [1.165, 1.54) is 11.1 Å². The van der Waals surface area contributed by atoms with Crippen LogP contribution in [0.3, 0.4) is 0 Å². The van der Waals surface area contributed by atoms with Gasteiger partial charge in [0.2, 0.25) is 0 Å². The third-order valence-corrected chi connectivity index (χ3v) is 7.61. The quantitative estimate of drug-likeness (QED) is 0.149. The number of ketones is 1. The lowest BCUT2D eigenvalue weighted by molar-refractivity contribution is -0.111. The summed E-state index contributed by atoms with van der Waals surface area (Å²) in [7, 11) is 0. The molecule has 0 aromatic rings. The fourth-order valence-corrected chi connectivity index (χ4v) is 5.35. The second-order valence-electron chi connectivity index (χ2n) is 10.6. The molecular formula is C34H41ClN2O. The molecule has 38 heavy (non-hydrogen) atoms. The number of hydrogen-bond donors (Lipinski definition) is 0. The number of aliphatic imine (C=N–C) groups is 1. The van der Waals surface area contributed by atoms with E-state index in [2.05, 4.69) is 69.7 Å². The molecule has 0 N–H and O–H groups in total. The van der Waals surface area contributed by atoms with Crippen molar-refractivity contribution >= 4 is 23.1 Å². The monoisotopic (exact) mass is 528 g/mol. The summed E-state index contributed by atoms with van der Waals surface area (Å²) in [5.74, 6) is 0.608. The van der Waals surface area contributed by atoms with Crippen LogP contribution in [0.2, 0.25) is 0 Å². The van der Waals surface area contributed by atoms with E-state index in [9.17, 15) is 4.79 Å². The summed E-state index contributed by atoms with van der Waals surface area (Å²) in [6, 6.07) is 0. The highest BCUT2D eigenvalue weighted by atomic mass is 35.5. The summed E-state index contributed by atoms with van der Waals surface area (Å²) < 4.78 is 0. The molecule has 2 aliphatic heterocycles. The lowest BCUT2D eigenvalue weighted by atomic mass is 9.91. The molecule has 2 heterocycles. The van der Waals surface area contributed by atoms with Crippen molar-refractivity contribution in [1.29, 1.82) is 0 Å². The van der Waals surface area contributed by atoms with Crippen LogP contribution in [0.25, 0.3) is 0 Å². The molecule has 1 unspecified atom stereocenters. The molecule has 3 aliphatic rings. The summed E-state index contributed by atoms with van der Waals surface area (Å²) >= 11 is 6.81. The molecule has 0 spiro atoms. The molecule has 0 bridgehead atoms. The van der Waals surface area contributed by atoms with E-state index in [1.807, 2.05) is 32.1 Å². The Hall–Kier alpha value is -3.13. The van der Waals surface area contributed by atoms with E-state index in [1.54, 1.807) is 6.08 Å². The molecule has 1 saturated heterocycles. The molecule has 1 aliphatic carbocycles. The van der Waals surface area contributed by atoms with Gasteiger partial charge in [0.15, 0.2) is 5.78 Å². The highest BCUT2D eigenvalue weighted by Gasteiger charge is 2.20. The van der Waals surface area contributed by atoms with Crippen LogP contribution in [-0.4, -0.2) is 29.5 Å². The normalized spacial score (nSPS) is 24.5. The van der Waals surface area contributed by atoms with Gasteiger partial charge in [0.25, 0.3) is 0 Å². The molecule has 0 radical (unpaired) electrons. The van der Waals surface area contributed by atoms with E-state index in [-0.39, 0.29) is 11.7 Å². The maximum atomic E-state index is 12.8. The Bertz CT molecular complexity index is 1300. The standard InChI is InChI=1S/C34H41ClN2O/c1-9-28(19-32(35)31-18-25(6)24(5)16-26(31)7)33-20-34(38)27(8)17-29(36-33)11-12-30(10-2)37-14-13-22(3)15-23(4)21-37/h9-12,16,19-20,23,26H,3,8,13-15,17,21H2,1-2,4-7H3/b12-11-,28-9+,30-10+,32-19+/t23-,26?/m1/s1. The average Bonchev–Trinajstić information content (AvgIpc) is 3.12. The predicted molar refractivity (Wildman–Crippen MR) is 163 cm³/mol. The first kappa shape index (κ1) is 29.4. The first-order valence-corrected chi connectivity index (χ1v) is 13.9. The second-order valence-corrected chi connectivity index (χ2v) is 11.0. The molecule has 3 nitrogen and oxygen atoms in total. The van der Waals surface area contributed by atoms with Gasteiger partial charge in [0.1, 0.15) is 0 Å². The highest BCUT2D eigenvalue weighted by Crippen LogP contribution is 2.32. The van der Waals surface area contributed by atoms with Gasteiger partial charge in [-0.1, -0.05) is 62.4 Å². The third kappa shape index (κ3) is 7.47. The number of halogens is 1. The molecular weight excluding hydrogens is 488 g/mol. The fraction of sp³-hybridized carbons (Fsp3) is 0.382. The summed E-state index contributed by atoms with van der Waals surface area (Å²) in [6.45, 7) is 22.7. The molecule has 3 rings (SSSR count). The smallest absolute Gasteiger partial charge is 0.183 e. The van der Waals surface area contributed by atoms with Crippen LogP contribution in [0.1, 0.15) is 60.8 Å². The number of allylic oxidation sites excluding steroid dienone is 11. The molecule has 4 heteroatoms. The number of likely N-dealkylation sites (tertiary alicyclic amines) is 1. The van der Waals surface area contributed by atoms with Crippen molar-refractivity contribution in [2.75, 3.05) is 13.1 Å². The Balaban J connectivity index is 1.92. The minimum absolute atomic E-state index is 0.110. The van der Waals surface area contributed by atoms with Crippen molar-refractivity contribution in [2.24, 2.45) is 16.8 Å². The van der Waals surface area contributed by atoms with Gasteiger partial charge < -0.3 is 4.90 Å². The van der Waals surface area contributed by atoms with E-state index >= 15 is 0 Å². The Morgan fingerprint density at radius 3 is 2.63 bits per heavy atom. The topological polar surface area (TPSA) is 32.7 Å². The number of rotatable bonds is 6. The average molecular weight is 529 g/mol. The Morgan fingerprint density at radius 1 is 1.21 bits per heavy atom. The lowest BCUT2D eigenvalue weighted by Crippen LogP contribution is -2.26. The van der Waals surface area contributed by atoms with Gasteiger partial charge in [-0.3, -0.25) is 9.79 Å². The van der Waals surface area contributed by atoms with Crippen LogP contribution in [0.15, 0.2) is 116 Å². The van der Waals surface area contributed by atoms with Gasteiger partial charge in [-0.25, -0.2) is 0 Å². The van der Waals surface area contributed by atoms with Crippen LogP contribution >= 0.6 is 11.6 Å². The second kappa shape index (κ2) is 13.1.